The number of benzene rings is 2. The molecule has 2 aromatic carbocycles. The molecule has 1 amide bonds. The number of rotatable bonds is 6. The monoisotopic (exact) mass is 296 g/mol. The molecular weight excluding hydrogens is 276 g/mol. The van der Waals surface area contributed by atoms with Crippen LogP contribution in [0.4, 0.5) is 0 Å². The van der Waals surface area contributed by atoms with Crippen LogP contribution in [0.1, 0.15) is 20.3 Å². The zero-order valence-corrected chi connectivity index (χ0v) is 12.9. The van der Waals surface area contributed by atoms with Gasteiger partial charge in [0.2, 0.25) is 0 Å². The summed E-state index contributed by atoms with van der Waals surface area (Å²) < 4.78 is 5.64. The van der Waals surface area contributed by atoms with Gasteiger partial charge in [-0.1, -0.05) is 55.5 Å². The summed E-state index contributed by atoms with van der Waals surface area (Å²) in [6.45, 7) is 3.79. The average molecular weight is 296 g/mol. The molecule has 0 aliphatic carbocycles. The molecule has 0 bridgehead atoms. The fourth-order valence-electron chi connectivity index (χ4n) is 1.86. The molecule has 0 unspecified atom stereocenters. The van der Waals surface area contributed by atoms with Gasteiger partial charge in [0.1, 0.15) is 5.75 Å². The molecule has 0 aromatic heterocycles. The van der Waals surface area contributed by atoms with Crippen LogP contribution in [0.5, 0.6) is 5.75 Å². The van der Waals surface area contributed by atoms with Gasteiger partial charge in [0.15, 0.2) is 6.61 Å². The first-order valence-electron chi connectivity index (χ1n) is 7.30. The smallest absolute Gasteiger partial charge is 0.277 e. The molecule has 0 atom stereocenters. The van der Waals surface area contributed by atoms with E-state index < -0.39 is 0 Å². The zero-order valence-electron chi connectivity index (χ0n) is 12.9. The predicted molar refractivity (Wildman–Crippen MR) is 88.9 cm³/mol. The fourth-order valence-corrected chi connectivity index (χ4v) is 1.86. The van der Waals surface area contributed by atoms with E-state index in [0.29, 0.717) is 5.75 Å². The number of hydrogen-bond acceptors (Lipinski definition) is 3. The lowest BCUT2D eigenvalue weighted by Gasteiger charge is -2.11. The molecule has 0 aliphatic rings. The number of nitrogens with one attached hydrogen (secondary N) is 1. The van der Waals surface area contributed by atoms with E-state index in [1.54, 1.807) is 0 Å². The molecule has 0 radical (unpaired) electrons. The first kappa shape index (κ1) is 15.8. The molecule has 0 aliphatic heterocycles. The number of hydrazone groups is 1. The van der Waals surface area contributed by atoms with Crippen LogP contribution in [-0.4, -0.2) is 18.2 Å². The minimum absolute atomic E-state index is 0.0651. The van der Waals surface area contributed by atoms with E-state index in [-0.39, 0.29) is 12.5 Å². The van der Waals surface area contributed by atoms with Crippen LogP contribution in [-0.2, 0) is 4.79 Å². The lowest BCUT2D eigenvalue weighted by molar-refractivity contribution is -0.123. The van der Waals surface area contributed by atoms with Crippen molar-refractivity contribution in [2.75, 3.05) is 6.61 Å². The molecule has 4 heteroatoms. The van der Waals surface area contributed by atoms with Crippen molar-refractivity contribution in [3.63, 3.8) is 0 Å². The summed E-state index contributed by atoms with van der Waals surface area (Å²) in [5, 5.41) is 3.97. The van der Waals surface area contributed by atoms with E-state index >= 15 is 0 Å². The molecule has 1 N–H and O–H groups in total. The standard InChI is InChI=1S/C18H20N2O2/c1-3-14(2)19-20-18(21)13-22-17-12-8-7-11-16(17)15-9-5-4-6-10-15/h4-12H,3,13H2,1-2H3,(H,20,21)/b19-14-. The van der Waals surface area contributed by atoms with Gasteiger partial charge in [0.25, 0.3) is 5.91 Å². The van der Waals surface area contributed by atoms with E-state index in [0.717, 1.165) is 23.3 Å². The molecule has 2 rings (SSSR count). The van der Waals surface area contributed by atoms with Crippen LogP contribution in [0.3, 0.4) is 0 Å². The number of ether oxygens (including phenoxy) is 1. The van der Waals surface area contributed by atoms with E-state index in [2.05, 4.69) is 10.5 Å². The van der Waals surface area contributed by atoms with E-state index in [9.17, 15) is 4.79 Å². The molecule has 114 valence electrons. The summed E-state index contributed by atoms with van der Waals surface area (Å²) in [4.78, 5) is 11.7. The Bertz CT molecular complexity index is 651. The number of carbonyl (C=O) groups is 1. The van der Waals surface area contributed by atoms with Gasteiger partial charge in [-0.15, -0.1) is 0 Å². The largest absolute Gasteiger partial charge is 0.483 e. The third kappa shape index (κ3) is 4.45. The van der Waals surface area contributed by atoms with E-state index in [4.69, 9.17) is 4.74 Å². The molecular formula is C18H20N2O2. The van der Waals surface area contributed by atoms with Crippen molar-refractivity contribution in [2.24, 2.45) is 5.10 Å². The predicted octanol–water partition coefficient (Wildman–Crippen LogP) is 3.63. The van der Waals surface area contributed by atoms with Gasteiger partial charge in [-0.3, -0.25) is 4.79 Å². The topological polar surface area (TPSA) is 50.7 Å². The molecule has 4 nitrogen and oxygen atoms in total. The summed E-state index contributed by atoms with van der Waals surface area (Å²) in [6.07, 6.45) is 0.804. The Morgan fingerprint density at radius 1 is 1.09 bits per heavy atom. The molecule has 0 saturated carbocycles. The van der Waals surface area contributed by atoms with Gasteiger partial charge in [0.05, 0.1) is 0 Å². The lowest BCUT2D eigenvalue weighted by Crippen LogP contribution is -2.25. The van der Waals surface area contributed by atoms with Crippen LogP contribution >= 0.6 is 0 Å². The van der Waals surface area contributed by atoms with E-state index in [1.165, 1.54) is 0 Å². The van der Waals surface area contributed by atoms with Gasteiger partial charge in [0, 0.05) is 11.3 Å². The Morgan fingerprint density at radius 2 is 1.77 bits per heavy atom. The fraction of sp³-hybridized carbons (Fsp3) is 0.222. The first-order valence-corrected chi connectivity index (χ1v) is 7.30. The minimum Gasteiger partial charge on any atom is -0.483 e. The van der Waals surface area contributed by atoms with Crippen LogP contribution in [0.15, 0.2) is 59.7 Å². The van der Waals surface area contributed by atoms with Gasteiger partial charge >= 0.3 is 0 Å². The summed E-state index contributed by atoms with van der Waals surface area (Å²) in [6, 6.07) is 17.6. The van der Waals surface area contributed by atoms with Gasteiger partial charge in [-0.05, 0) is 25.0 Å². The number of nitrogens with zero attached hydrogens (tertiary/aromatic N) is 1. The molecule has 22 heavy (non-hydrogen) atoms. The molecule has 0 spiro atoms. The molecule has 0 fully saturated rings. The summed E-state index contributed by atoms with van der Waals surface area (Å²) >= 11 is 0. The number of para-hydroxylation sites is 1. The molecule has 2 aromatic rings. The summed E-state index contributed by atoms with van der Waals surface area (Å²) in [5.74, 6) is 0.413. The molecule has 0 saturated heterocycles. The van der Waals surface area contributed by atoms with Gasteiger partial charge < -0.3 is 4.74 Å². The van der Waals surface area contributed by atoms with Crippen molar-refractivity contribution in [1.29, 1.82) is 0 Å². The summed E-state index contributed by atoms with van der Waals surface area (Å²) in [5.41, 5.74) is 5.38. The van der Waals surface area contributed by atoms with Crippen molar-refractivity contribution >= 4 is 11.6 Å². The highest BCUT2D eigenvalue weighted by molar-refractivity contribution is 5.84. The van der Waals surface area contributed by atoms with Crippen LogP contribution < -0.4 is 10.2 Å². The van der Waals surface area contributed by atoms with Crippen molar-refractivity contribution in [3.05, 3.63) is 54.6 Å². The highest BCUT2D eigenvalue weighted by Crippen LogP contribution is 2.29. The number of hydrogen-bond donors (Lipinski definition) is 1. The average Bonchev–Trinajstić information content (AvgIpc) is 2.58. The van der Waals surface area contributed by atoms with Crippen molar-refractivity contribution in [1.82, 2.24) is 5.43 Å². The van der Waals surface area contributed by atoms with Crippen LogP contribution in [0.2, 0.25) is 0 Å². The highest BCUT2D eigenvalue weighted by atomic mass is 16.5. The summed E-state index contributed by atoms with van der Waals surface area (Å²) in [7, 11) is 0. The Labute approximate surface area is 130 Å². The highest BCUT2D eigenvalue weighted by Gasteiger charge is 2.07. The third-order valence-electron chi connectivity index (χ3n) is 3.21. The Hall–Kier alpha value is -2.62. The first-order chi connectivity index (χ1) is 10.7. The van der Waals surface area contributed by atoms with Crippen LogP contribution in [0, 0.1) is 0 Å². The van der Waals surface area contributed by atoms with Crippen LogP contribution in [0.25, 0.3) is 11.1 Å². The quantitative estimate of drug-likeness (QED) is 0.653. The molecule has 0 heterocycles. The minimum atomic E-state index is -0.268. The van der Waals surface area contributed by atoms with Crippen molar-refractivity contribution in [2.45, 2.75) is 20.3 Å². The maximum Gasteiger partial charge on any atom is 0.277 e. The number of amides is 1. The van der Waals surface area contributed by atoms with Crippen molar-refractivity contribution < 1.29 is 9.53 Å². The number of carbonyl (C=O) groups excluding carboxylic acids is 1. The SMILES string of the molecule is CC/C(C)=N\NC(=O)COc1ccccc1-c1ccccc1. The normalized spacial score (nSPS) is 11.1. The Kier molecular flexibility index (Phi) is 5.72. The second kappa shape index (κ2) is 7.98. The third-order valence-corrected chi connectivity index (χ3v) is 3.21. The van der Waals surface area contributed by atoms with E-state index in [1.807, 2.05) is 68.4 Å². The maximum absolute atomic E-state index is 11.7. The maximum atomic E-state index is 11.7. The van der Waals surface area contributed by atoms with Gasteiger partial charge in [-0.2, -0.15) is 5.10 Å². The Balaban J connectivity index is 2.04. The zero-order chi connectivity index (χ0) is 15.8. The second-order valence-electron chi connectivity index (χ2n) is 4.89. The van der Waals surface area contributed by atoms with Crippen molar-refractivity contribution in [3.8, 4) is 16.9 Å². The second-order valence-corrected chi connectivity index (χ2v) is 4.89. The lowest BCUT2D eigenvalue weighted by atomic mass is 10.1. The Morgan fingerprint density at radius 3 is 2.50 bits per heavy atom. The van der Waals surface area contributed by atoms with Gasteiger partial charge in [-0.25, -0.2) is 5.43 Å².